The second-order valence-electron chi connectivity index (χ2n) is 4.26. The maximum absolute atomic E-state index is 5.14. The molecule has 3 nitrogen and oxygen atoms in total. The molecule has 4 heteroatoms. The van der Waals surface area contributed by atoms with Gasteiger partial charge in [-0.2, -0.15) is 0 Å². The van der Waals surface area contributed by atoms with Gasteiger partial charge in [0.2, 0.25) is 0 Å². The fraction of sp³-hybridized carbons (Fsp3) is 0.357. The molecule has 1 heterocycles. The number of thiazole rings is 1. The van der Waals surface area contributed by atoms with E-state index in [0.29, 0.717) is 0 Å². The van der Waals surface area contributed by atoms with E-state index in [1.54, 1.807) is 18.4 Å². The summed E-state index contributed by atoms with van der Waals surface area (Å²) in [6.45, 7) is 5.06. The lowest BCUT2D eigenvalue weighted by molar-refractivity contribution is 0.414. The zero-order valence-corrected chi connectivity index (χ0v) is 11.8. The van der Waals surface area contributed by atoms with Crippen LogP contribution < -0.4 is 10.1 Å². The number of aromatic nitrogens is 1. The number of benzene rings is 1. The first-order valence-electron chi connectivity index (χ1n) is 5.97. The van der Waals surface area contributed by atoms with Crippen molar-refractivity contribution in [2.75, 3.05) is 7.11 Å². The molecule has 0 radical (unpaired) electrons. The molecule has 1 aromatic heterocycles. The lowest BCUT2D eigenvalue weighted by atomic mass is 10.2. The van der Waals surface area contributed by atoms with Crippen molar-refractivity contribution in [3.05, 3.63) is 45.9 Å². The Hall–Kier alpha value is -1.39. The maximum Gasteiger partial charge on any atom is 0.118 e. The summed E-state index contributed by atoms with van der Waals surface area (Å²) >= 11 is 1.74. The van der Waals surface area contributed by atoms with Gasteiger partial charge >= 0.3 is 0 Å². The van der Waals surface area contributed by atoms with Crippen LogP contribution in [0.3, 0.4) is 0 Å². The first-order chi connectivity index (χ1) is 8.69. The quantitative estimate of drug-likeness (QED) is 0.897. The Morgan fingerprint density at radius 3 is 2.61 bits per heavy atom. The summed E-state index contributed by atoms with van der Waals surface area (Å²) in [5.41, 5.74) is 1.25. The number of methoxy groups -OCH3 is 1. The average Bonchev–Trinajstić information content (AvgIpc) is 2.83. The Morgan fingerprint density at radius 2 is 2.06 bits per heavy atom. The molecule has 1 unspecified atom stereocenters. The highest BCUT2D eigenvalue weighted by molar-refractivity contribution is 7.11. The minimum absolute atomic E-state index is 0.283. The molecule has 0 aliphatic rings. The van der Waals surface area contributed by atoms with Gasteiger partial charge in [0.1, 0.15) is 10.8 Å². The normalized spacial score (nSPS) is 12.4. The van der Waals surface area contributed by atoms with Crippen LogP contribution in [0.25, 0.3) is 0 Å². The van der Waals surface area contributed by atoms with E-state index in [1.165, 1.54) is 10.4 Å². The molecule has 1 aromatic carbocycles. The van der Waals surface area contributed by atoms with Crippen molar-refractivity contribution in [3.63, 3.8) is 0 Å². The lowest BCUT2D eigenvalue weighted by Gasteiger charge is -2.11. The van der Waals surface area contributed by atoms with Gasteiger partial charge in [-0.05, 0) is 31.5 Å². The summed E-state index contributed by atoms with van der Waals surface area (Å²) in [4.78, 5) is 5.64. The van der Waals surface area contributed by atoms with E-state index >= 15 is 0 Å². The molecule has 0 amide bonds. The Labute approximate surface area is 112 Å². The van der Waals surface area contributed by atoms with Gasteiger partial charge in [-0.15, -0.1) is 11.3 Å². The number of hydrogen-bond acceptors (Lipinski definition) is 4. The zero-order chi connectivity index (χ0) is 13.0. The van der Waals surface area contributed by atoms with Crippen LogP contribution in [0.5, 0.6) is 5.75 Å². The van der Waals surface area contributed by atoms with E-state index in [0.717, 1.165) is 17.3 Å². The second kappa shape index (κ2) is 5.98. The monoisotopic (exact) mass is 262 g/mol. The molecule has 0 aliphatic heterocycles. The Morgan fingerprint density at radius 1 is 1.33 bits per heavy atom. The van der Waals surface area contributed by atoms with Crippen LogP contribution in [0.1, 0.15) is 28.4 Å². The van der Waals surface area contributed by atoms with Crippen molar-refractivity contribution in [2.45, 2.75) is 26.4 Å². The SMILES string of the molecule is COc1ccc(CNC(C)c2ncc(C)s2)cc1. The van der Waals surface area contributed by atoms with Gasteiger partial charge in [-0.3, -0.25) is 0 Å². The second-order valence-corrected chi connectivity index (χ2v) is 5.53. The summed E-state index contributed by atoms with van der Waals surface area (Å²) in [7, 11) is 1.68. The summed E-state index contributed by atoms with van der Waals surface area (Å²) in [5.74, 6) is 0.891. The van der Waals surface area contributed by atoms with Crippen LogP contribution in [-0.2, 0) is 6.54 Å². The number of hydrogen-bond donors (Lipinski definition) is 1. The molecule has 0 saturated carbocycles. The van der Waals surface area contributed by atoms with E-state index in [1.807, 2.05) is 18.3 Å². The topological polar surface area (TPSA) is 34.1 Å². The number of ether oxygens (including phenoxy) is 1. The van der Waals surface area contributed by atoms with E-state index in [2.05, 4.69) is 36.3 Å². The molecule has 2 rings (SSSR count). The van der Waals surface area contributed by atoms with Gasteiger partial charge in [0, 0.05) is 17.6 Å². The number of nitrogens with zero attached hydrogens (tertiary/aromatic N) is 1. The summed E-state index contributed by atoms with van der Waals surface area (Å²) in [5, 5.41) is 4.61. The van der Waals surface area contributed by atoms with Crippen LogP contribution in [0.2, 0.25) is 0 Å². The van der Waals surface area contributed by atoms with E-state index in [4.69, 9.17) is 4.74 Å². The van der Waals surface area contributed by atoms with Gasteiger partial charge in [0.05, 0.1) is 13.2 Å². The first-order valence-corrected chi connectivity index (χ1v) is 6.79. The minimum atomic E-state index is 0.283. The van der Waals surface area contributed by atoms with Gasteiger partial charge in [-0.1, -0.05) is 12.1 Å². The molecule has 1 atom stereocenters. The molecule has 96 valence electrons. The van der Waals surface area contributed by atoms with Gasteiger partial charge in [0.25, 0.3) is 0 Å². The lowest BCUT2D eigenvalue weighted by Crippen LogP contribution is -2.17. The van der Waals surface area contributed by atoms with Crippen LogP contribution in [0.4, 0.5) is 0 Å². The standard InChI is InChI=1S/C14H18N2OS/c1-10-8-16-14(18-10)11(2)15-9-12-4-6-13(17-3)7-5-12/h4-8,11,15H,9H2,1-3H3. The van der Waals surface area contributed by atoms with Crippen molar-refractivity contribution in [3.8, 4) is 5.75 Å². The largest absolute Gasteiger partial charge is 0.497 e. The number of aryl methyl sites for hydroxylation is 1. The van der Waals surface area contributed by atoms with E-state index in [-0.39, 0.29) is 6.04 Å². The molecule has 0 saturated heterocycles. The number of nitrogens with one attached hydrogen (secondary N) is 1. The van der Waals surface area contributed by atoms with Crippen molar-refractivity contribution in [1.29, 1.82) is 0 Å². The molecule has 0 bridgehead atoms. The predicted molar refractivity (Wildman–Crippen MR) is 75.1 cm³/mol. The Balaban J connectivity index is 1.90. The van der Waals surface area contributed by atoms with Gasteiger partial charge in [0.15, 0.2) is 0 Å². The average molecular weight is 262 g/mol. The third-order valence-electron chi connectivity index (χ3n) is 2.78. The fourth-order valence-corrected chi connectivity index (χ4v) is 2.47. The molecule has 0 aliphatic carbocycles. The minimum Gasteiger partial charge on any atom is -0.497 e. The Bertz CT molecular complexity index is 493. The molecular weight excluding hydrogens is 244 g/mol. The molecule has 1 N–H and O–H groups in total. The highest BCUT2D eigenvalue weighted by Crippen LogP contribution is 2.19. The highest BCUT2D eigenvalue weighted by atomic mass is 32.1. The highest BCUT2D eigenvalue weighted by Gasteiger charge is 2.08. The molecule has 0 spiro atoms. The summed E-state index contributed by atoms with van der Waals surface area (Å²) < 4.78 is 5.14. The summed E-state index contributed by atoms with van der Waals surface area (Å²) in [6.07, 6.45) is 1.92. The molecule has 0 fully saturated rings. The Kier molecular flexibility index (Phi) is 4.33. The summed E-state index contributed by atoms with van der Waals surface area (Å²) in [6, 6.07) is 8.40. The molecular formula is C14H18N2OS. The van der Waals surface area contributed by atoms with E-state index in [9.17, 15) is 0 Å². The van der Waals surface area contributed by atoms with Crippen LogP contribution in [0.15, 0.2) is 30.5 Å². The van der Waals surface area contributed by atoms with Crippen LogP contribution >= 0.6 is 11.3 Å². The third kappa shape index (κ3) is 3.31. The van der Waals surface area contributed by atoms with Crippen molar-refractivity contribution >= 4 is 11.3 Å². The third-order valence-corrected chi connectivity index (χ3v) is 3.88. The van der Waals surface area contributed by atoms with Crippen molar-refractivity contribution in [1.82, 2.24) is 10.3 Å². The zero-order valence-electron chi connectivity index (χ0n) is 10.9. The smallest absolute Gasteiger partial charge is 0.118 e. The first kappa shape index (κ1) is 13.1. The van der Waals surface area contributed by atoms with Crippen molar-refractivity contribution < 1.29 is 4.74 Å². The molecule has 18 heavy (non-hydrogen) atoms. The number of rotatable bonds is 5. The van der Waals surface area contributed by atoms with Gasteiger partial charge < -0.3 is 10.1 Å². The maximum atomic E-state index is 5.14. The van der Waals surface area contributed by atoms with E-state index < -0.39 is 0 Å². The van der Waals surface area contributed by atoms with Crippen molar-refractivity contribution in [2.24, 2.45) is 0 Å². The van der Waals surface area contributed by atoms with Crippen LogP contribution in [-0.4, -0.2) is 12.1 Å². The fourth-order valence-electron chi connectivity index (χ4n) is 1.67. The van der Waals surface area contributed by atoms with Crippen LogP contribution in [0, 0.1) is 6.92 Å². The molecule has 2 aromatic rings. The predicted octanol–water partition coefficient (Wildman–Crippen LogP) is 3.31. The van der Waals surface area contributed by atoms with Gasteiger partial charge in [-0.25, -0.2) is 4.98 Å².